The van der Waals surface area contributed by atoms with Crippen LogP contribution in [-0.4, -0.2) is 68.8 Å². The number of oxime groups is 1. The van der Waals surface area contributed by atoms with Crippen molar-refractivity contribution in [3.8, 4) is 0 Å². The van der Waals surface area contributed by atoms with Crippen LogP contribution in [0.15, 0.2) is 10.5 Å². The molecule has 0 bridgehead atoms. The molecule has 134 valence electrons. The van der Waals surface area contributed by atoms with Gasteiger partial charge in [0.25, 0.3) is 5.91 Å². The van der Waals surface area contributed by atoms with Gasteiger partial charge in [-0.2, -0.15) is 0 Å². The monoisotopic (exact) mass is 385 g/mol. The number of nitrogens with one attached hydrogen (secondary N) is 1. The van der Waals surface area contributed by atoms with Gasteiger partial charge in [-0.15, -0.1) is 23.1 Å². The molecule has 3 rings (SSSR count). The Hall–Kier alpha value is -2.34. The van der Waals surface area contributed by atoms with Gasteiger partial charge in [-0.1, -0.05) is 5.16 Å². The number of β-lactam (4-membered cyclic amide) rings is 1. The molecule has 2 aliphatic rings. The van der Waals surface area contributed by atoms with Crippen LogP contribution in [-0.2, 0) is 19.2 Å². The molecule has 0 spiro atoms. The molecular formula is C13H15N5O5S2. The van der Waals surface area contributed by atoms with Crippen molar-refractivity contribution >= 4 is 51.7 Å². The van der Waals surface area contributed by atoms with E-state index in [1.165, 1.54) is 23.8 Å². The molecule has 0 radical (unpaired) electrons. The van der Waals surface area contributed by atoms with Crippen molar-refractivity contribution in [1.29, 1.82) is 0 Å². The maximum atomic E-state index is 12.5. The van der Waals surface area contributed by atoms with Crippen LogP contribution in [0.2, 0.25) is 0 Å². The van der Waals surface area contributed by atoms with Crippen LogP contribution >= 0.6 is 23.1 Å². The molecule has 3 atom stereocenters. The number of anilines is 1. The molecule has 4 N–H and O–H groups in total. The number of amides is 2. The van der Waals surface area contributed by atoms with Crippen molar-refractivity contribution in [2.45, 2.75) is 23.9 Å². The topological polar surface area (TPSA) is 147 Å². The van der Waals surface area contributed by atoms with Crippen molar-refractivity contribution in [2.75, 3.05) is 18.6 Å². The molecule has 0 aromatic carbocycles. The lowest BCUT2D eigenvalue weighted by Gasteiger charge is -2.51. The number of carbonyl (C=O) groups is 3. The number of aromatic nitrogens is 1. The van der Waals surface area contributed by atoms with E-state index in [2.05, 4.69) is 20.3 Å². The molecule has 2 fully saturated rings. The number of carboxylic acids is 1. The third-order valence-corrected chi connectivity index (χ3v) is 5.82. The van der Waals surface area contributed by atoms with Crippen LogP contribution in [0, 0.1) is 0 Å². The molecule has 0 saturated carbocycles. The maximum Gasteiger partial charge on any atom is 0.326 e. The summed E-state index contributed by atoms with van der Waals surface area (Å²) in [7, 11) is 1.29. The molecule has 2 aliphatic heterocycles. The zero-order valence-electron chi connectivity index (χ0n) is 13.0. The van der Waals surface area contributed by atoms with E-state index in [-0.39, 0.29) is 16.5 Å². The number of nitrogen functional groups attached to an aromatic ring is 1. The number of thioether (sulfide) groups is 1. The highest BCUT2D eigenvalue weighted by Gasteiger charge is 2.55. The highest BCUT2D eigenvalue weighted by molar-refractivity contribution is 8.00. The number of rotatable bonds is 5. The van der Waals surface area contributed by atoms with Crippen LogP contribution in [0.25, 0.3) is 0 Å². The second-order valence-electron chi connectivity index (χ2n) is 5.29. The Morgan fingerprint density at radius 2 is 2.32 bits per heavy atom. The van der Waals surface area contributed by atoms with Crippen molar-refractivity contribution in [3.63, 3.8) is 0 Å². The predicted molar refractivity (Wildman–Crippen MR) is 91.1 cm³/mol. The SMILES string of the molecule is CO/N=C(\C(=O)N[C@@H]1C(=O)N2C(C(=O)O)CCS[C@H]12)c1csc(N)n1. The molecule has 2 amide bonds. The fourth-order valence-corrected chi connectivity index (χ4v) is 4.65. The zero-order chi connectivity index (χ0) is 18.1. The van der Waals surface area contributed by atoms with Gasteiger partial charge in [-0.25, -0.2) is 9.78 Å². The average Bonchev–Trinajstić information content (AvgIpc) is 3.02. The summed E-state index contributed by atoms with van der Waals surface area (Å²) in [5, 5.41) is 16.9. The Balaban J connectivity index is 1.73. The quantitative estimate of drug-likeness (QED) is 0.343. The summed E-state index contributed by atoms with van der Waals surface area (Å²) < 4.78 is 0. The molecule has 1 unspecified atom stereocenters. The Bertz CT molecular complexity index is 751. The van der Waals surface area contributed by atoms with E-state index < -0.39 is 35.2 Å². The Morgan fingerprint density at radius 3 is 2.92 bits per heavy atom. The van der Waals surface area contributed by atoms with Gasteiger partial charge in [-0.05, 0) is 12.2 Å². The van der Waals surface area contributed by atoms with E-state index >= 15 is 0 Å². The van der Waals surface area contributed by atoms with Gasteiger partial charge < -0.3 is 25.9 Å². The fourth-order valence-electron chi connectivity index (χ4n) is 2.71. The van der Waals surface area contributed by atoms with Gasteiger partial charge in [0.2, 0.25) is 5.91 Å². The predicted octanol–water partition coefficient (Wildman–Crippen LogP) is -0.681. The number of hydrogen-bond acceptors (Lipinski definition) is 9. The molecule has 1 aromatic rings. The smallest absolute Gasteiger partial charge is 0.326 e. The molecule has 3 heterocycles. The third-order valence-electron chi connectivity index (χ3n) is 3.83. The van der Waals surface area contributed by atoms with Crippen molar-refractivity contribution in [2.24, 2.45) is 5.16 Å². The zero-order valence-corrected chi connectivity index (χ0v) is 14.7. The first-order valence-corrected chi connectivity index (χ1v) is 9.17. The number of nitrogens with two attached hydrogens (primary N) is 1. The number of thiazole rings is 1. The van der Waals surface area contributed by atoms with E-state index in [1.54, 1.807) is 5.38 Å². The minimum Gasteiger partial charge on any atom is -0.480 e. The van der Waals surface area contributed by atoms with Gasteiger partial charge in [0, 0.05) is 5.38 Å². The highest BCUT2D eigenvalue weighted by atomic mass is 32.2. The molecular weight excluding hydrogens is 370 g/mol. The summed E-state index contributed by atoms with van der Waals surface area (Å²) in [6.45, 7) is 0. The molecule has 25 heavy (non-hydrogen) atoms. The minimum atomic E-state index is -1.04. The van der Waals surface area contributed by atoms with Crippen LogP contribution in [0.5, 0.6) is 0 Å². The van der Waals surface area contributed by atoms with E-state index in [0.29, 0.717) is 12.2 Å². The third kappa shape index (κ3) is 3.14. The van der Waals surface area contributed by atoms with Crippen LogP contribution < -0.4 is 11.1 Å². The first kappa shape index (κ1) is 17.5. The van der Waals surface area contributed by atoms with Gasteiger partial charge in [0.1, 0.15) is 30.3 Å². The number of carboxylic acid groups (broad SMARTS) is 1. The lowest BCUT2D eigenvalue weighted by atomic mass is 10.0. The second-order valence-corrected chi connectivity index (χ2v) is 7.41. The van der Waals surface area contributed by atoms with Crippen molar-refractivity contribution in [1.82, 2.24) is 15.2 Å². The van der Waals surface area contributed by atoms with Crippen molar-refractivity contribution in [3.05, 3.63) is 11.1 Å². The van der Waals surface area contributed by atoms with Gasteiger partial charge in [0.15, 0.2) is 10.8 Å². The number of nitrogens with zero attached hydrogens (tertiary/aromatic N) is 3. The van der Waals surface area contributed by atoms with Crippen LogP contribution in [0.4, 0.5) is 5.13 Å². The van der Waals surface area contributed by atoms with Gasteiger partial charge in [-0.3, -0.25) is 9.59 Å². The summed E-state index contributed by atoms with van der Waals surface area (Å²) in [4.78, 5) is 46.0. The first-order chi connectivity index (χ1) is 11.9. The Labute approximate surface area is 150 Å². The summed E-state index contributed by atoms with van der Waals surface area (Å²) in [6, 6.07) is -1.66. The molecule has 1 aromatic heterocycles. The summed E-state index contributed by atoms with van der Waals surface area (Å²) in [6.07, 6.45) is 0.386. The van der Waals surface area contributed by atoms with E-state index in [1.807, 2.05) is 0 Å². The normalized spacial score (nSPS) is 25.8. The maximum absolute atomic E-state index is 12.5. The average molecular weight is 385 g/mol. The summed E-state index contributed by atoms with van der Waals surface area (Å²) >= 11 is 2.58. The fraction of sp³-hybridized carbons (Fsp3) is 0.462. The second kappa shape index (κ2) is 6.88. The molecule has 10 nitrogen and oxygen atoms in total. The molecule has 2 saturated heterocycles. The summed E-state index contributed by atoms with van der Waals surface area (Å²) in [5.74, 6) is -1.50. The van der Waals surface area contributed by atoms with Crippen LogP contribution in [0.1, 0.15) is 12.1 Å². The van der Waals surface area contributed by atoms with Gasteiger partial charge in [0.05, 0.1) is 0 Å². The standard InChI is InChI=1S/C13H15N5O5S2/c1-23-17-7(5-4-25-13(14)15-5)9(19)16-8-10(20)18-6(12(21)22)2-3-24-11(8)18/h4,6,8,11H,2-3H2,1H3,(H2,14,15)(H,16,19)(H,21,22)/b17-7-/t6?,8-,11-/m1/s1. The lowest BCUT2D eigenvalue weighted by Crippen LogP contribution is -2.74. The number of hydrogen-bond donors (Lipinski definition) is 3. The summed E-state index contributed by atoms with van der Waals surface area (Å²) in [5.41, 5.74) is 5.71. The van der Waals surface area contributed by atoms with Crippen molar-refractivity contribution < 1.29 is 24.3 Å². The van der Waals surface area contributed by atoms with E-state index in [9.17, 15) is 19.5 Å². The molecule has 0 aliphatic carbocycles. The largest absolute Gasteiger partial charge is 0.480 e. The molecule has 12 heteroatoms. The first-order valence-electron chi connectivity index (χ1n) is 7.24. The number of carbonyl (C=O) groups excluding carboxylic acids is 2. The minimum absolute atomic E-state index is 0.0997. The highest BCUT2D eigenvalue weighted by Crippen LogP contribution is 2.38. The number of fused-ring (bicyclic) bond motifs is 1. The van der Waals surface area contributed by atoms with Gasteiger partial charge >= 0.3 is 5.97 Å². The van der Waals surface area contributed by atoms with E-state index in [0.717, 1.165) is 11.3 Å². The van der Waals surface area contributed by atoms with Crippen LogP contribution in [0.3, 0.4) is 0 Å². The van der Waals surface area contributed by atoms with E-state index in [4.69, 9.17) is 5.73 Å². The number of aliphatic carboxylic acids is 1. The Kier molecular flexibility index (Phi) is 4.81. The Morgan fingerprint density at radius 1 is 1.56 bits per heavy atom. The lowest BCUT2D eigenvalue weighted by molar-refractivity contribution is -0.162.